The summed E-state index contributed by atoms with van der Waals surface area (Å²) in [6.07, 6.45) is 7.13. The van der Waals surface area contributed by atoms with E-state index in [4.69, 9.17) is 0 Å². The van der Waals surface area contributed by atoms with E-state index in [2.05, 4.69) is 9.80 Å². The number of amides is 1. The van der Waals surface area contributed by atoms with Crippen LogP contribution in [0.5, 0.6) is 0 Å². The van der Waals surface area contributed by atoms with Gasteiger partial charge in [0.2, 0.25) is 5.91 Å². The number of nitrogens with zero attached hydrogens (tertiary/aromatic N) is 2. The van der Waals surface area contributed by atoms with Gasteiger partial charge in [0.1, 0.15) is 0 Å². The molecule has 15 heavy (non-hydrogen) atoms. The second kappa shape index (κ2) is 3.78. The van der Waals surface area contributed by atoms with Gasteiger partial charge in [-0.3, -0.25) is 4.79 Å². The van der Waals surface area contributed by atoms with Crippen LogP contribution in [-0.4, -0.2) is 47.4 Å². The highest BCUT2D eigenvalue weighted by Gasteiger charge is 2.41. The van der Waals surface area contributed by atoms with Gasteiger partial charge in [0.15, 0.2) is 0 Å². The molecule has 3 rings (SSSR count). The molecule has 2 unspecified atom stereocenters. The lowest BCUT2D eigenvalue weighted by Crippen LogP contribution is -2.42. The second-order valence-electron chi connectivity index (χ2n) is 5.23. The first-order valence-electron chi connectivity index (χ1n) is 6.38. The van der Waals surface area contributed by atoms with Gasteiger partial charge in [-0.25, -0.2) is 0 Å². The highest BCUT2D eigenvalue weighted by molar-refractivity contribution is 5.79. The Kier molecular flexibility index (Phi) is 2.43. The van der Waals surface area contributed by atoms with Gasteiger partial charge in [-0.1, -0.05) is 0 Å². The van der Waals surface area contributed by atoms with Gasteiger partial charge in [-0.05, 0) is 45.2 Å². The maximum absolute atomic E-state index is 11.7. The van der Waals surface area contributed by atoms with E-state index in [0.717, 1.165) is 19.4 Å². The fourth-order valence-electron chi connectivity index (χ4n) is 3.51. The summed E-state index contributed by atoms with van der Waals surface area (Å²) in [5, 5.41) is 0. The van der Waals surface area contributed by atoms with Gasteiger partial charge in [-0.15, -0.1) is 0 Å². The molecule has 3 heterocycles. The third kappa shape index (κ3) is 1.67. The van der Waals surface area contributed by atoms with Crippen LogP contribution in [0.1, 0.15) is 38.5 Å². The SMILES string of the molecule is O=C1CCC2CCC(CN3CCCC3)N12. The molecule has 0 N–H and O–H groups in total. The van der Waals surface area contributed by atoms with Crippen LogP contribution in [0.3, 0.4) is 0 Å². The molecular weight excluding hydrogens is 188 g/mol. The molecule has 3 fully saturated rings. The summed E-state index contributed by atoms with van der Waals surface area (Å²) in [6, 6.07) is 1.15. The van der Waals surface area contributed by atoms with Crippen molar-refractivity contribution in [1.82, 2.24) is 9.80 Å². The van der Waals surface area contributed by atoms with E-state index in [1.807, 2.05) is 0 Å². The topological polar surface area (TPSA) is 23.6 Å². The Morgan fingerprint density at radius 2 is 1.93 bits per heavy atom. The number of rotatable bonds is 2. The average molecular weight is 208 g/mol. The molecule has 3 saturated heterocycles. The van der Waals surface area contributed by atoms with Crippen LogP contribution >= 0.6 is 0 Å². The van der Waals surface area contributed by atoms with Crippen molar-refractivity contribution in [2.45, 2.75) is 50.6 Å². The smallest absolute Gasteiger partial charge is 0.223 e. The summed E-state index contributed by atoms with van der Waals surface area (Å²) in [4.78, 5) is 16.5. The molecule has 3 aliphatic rings. The highest BCUT2D eigenvalue weighted by Crippen LogP contribution is 2.33. The normalized spacial score (nSPS) is 36.5. The van der Waals surface area contributed by atoms with Crippen molar-refractivity contribution >= 4 is 5.91 Å². The van der Waals surface area contributed by atoms with Crippen molar-refractivity contribution in [2.75, 3.05) is 19.6 Å². The molecule has 0 aliphatic carbocycles. The minimum atomic E-state index is 0.418. The fourth-order valence-corrected chi connectivity index (χ4v) is 3.51. The molecule has 3 heteroatoms. The largest absolute Gasteiger partial charge is 0.335 e. The standard InChI is InChI=1S/C12H20N2O/c15-12-6-5-10-3-4-11(14(10)12)9-13-7-1-2-8-13/h10-11H,1-9H2. The molecule has 0 spiro atoms. The van der Waals surface area contributed by atoms with E-state index >= 15 is 0 Å². The van der Waals surface area contributed by atoms with Gasteiger partial charge >= 0.3 is 0 Å². The molecule has 0 aromatic heterocycles. The van der Waals surface area contributed by atoms with Crippen LogP contribution in [0.2, 0.25) is 0 Å². The van der Waals surface area contributed by atoms with Crippen molar-refractivity contribution in [2.24, 2.45) is 0 Å². The van der Waals surface area contributed by atoms with Crippen LogP contribution in [-0.2, 0) is 4.79 Å². The van der Waals surface area contributed by atoms with Gasteiger partial charge in [0.25, 0.3) is 0 Å². The Labute approximate surface area is 91.4 Å². The summed E-state index contributed by atoms with van der Waals surface area (Å²) in [6.45, 7) is 3.65. The van der Waals surface area contributed by atoms with E-state index in [0.29, 0.717) is 18.0 Å². The Balaban J connectivity index is 1.63. The van der Waals surface area contributed by atoms with Crippen molar-refractivity contribution < 1.29 is 4.79 Å². The van der Waals surface area contributed by atoms with Crippen LogP contribution < -0.4 is 0 Å². The summed E-state index contributed by atoms with van der Waals surface area (Å²) in [7, 11) is 0. The molecule has 2 atom stereocenters. The monoisotopic (exact) mass is 208 g/mol. The molecule has 0 saturated carbocycles. The van der Waals surface area contributed by atoms with Crippen molar-refractivity contribution in [3.8, 4) is 0 Å². The summed E-state index contributed by atoms with van der Waals surface area (Å²) >= 11 is 0. The molecule has 3 aliphatic heterocycles. The zero-order valence-electron chi connectivity index (χ0n) is 9.32. The zero-order chi connectivity index (χ0) is 10.3. The molecule has 3 nitrogen and oxygen atoms in total. The quantitative estimate of drug-likeness (QED) is 0.681. The zero-order valence-corrected chi connectivity index (χ0v) is 9.32. The minimum Gasteiger partial charge on any atom is -0.335 e. The molecular formula is C12H20N2O. The van der Waals surface area contributed by atoms with Crippen molar-refractivity contribution in [3.63, 3.8) is 0 Å². The Morgan fingerprint density at radius 3 is 2.73 bits per heavy atom. The molecule has 0 aromatic carbocycles. The van der Waals surface area contributed by atoms with Crippen LogP contribution in [0, 0.1) is 0 Å². The number of likely N-dealkylation sites (tertiary alicyclic amines) is 1. The van der Waals surface area contributed by atoms with E-state index in [-0.39, 0.29) is 0 Å². The summed E-state index contributed by atoms with van der Waals surface area (Å²) in [5.74, 6) is 0.418. The first-order chi connectivity index (χ1) is 7.34. The third-order valence-corrected chi connectivity index (χ3v) is 4.27. The molecule has 84 valence electrons. The fraction of sp³-hybridized carbons (Fsp3) is 0.917. The van der Waals surface area contributed by atoms with Gasteiger partial charge in [0, 0.05) is 25.0 Å². The molecule has 0 aromatic rings. The molecule has 0 bridgehead atoms. The maximum Gasteiger partial charge on any atom is 0.223 e. The predicted octanol–water partition coefficient (Wildman–Crippen LogP) is 1.24. The highest BCUT2D eigenvalue weighted by atomic mass is 16.2. The number of carbonyl (C=O) groups is 1. The molecule has 1 amide bonds. The lowest BCUT2D eigenvalue weighted by atomic mass is 10.1. The molecule has 0 radical (unpaired) electrons. The number of carbonyl (C=O) groups excluding carboxylic acids is 1. The second-order valence-corrected chi connectivity index (χ2v) is 5.23. The number of fused-ring (bicyclic) bond motifs is 1. The predicted molar refractivity (Wildman–Crippen MR) is 58.6 cm³/mol. The Bertz CT molecular complexity index is 260. The van der Waals surface area contributed by atoms with Crippen molar-refractivity contribution in [3.05, 3.63) is 0 Å². The lowest BCUT2D eigenvalue weighted by Gasteiger charge is -2.28. The summed E-state index contributed by atoms with van der Waals surface area (Å²) < 4.78 is 0. The van der Waals surface area contributed by atoms with Gasteiger partial charge < -0.3 is 9.80 Å². The Morgan fingerprint density at radius 1 is 1.13 bits per heavy atom. The van der Waals surface area contributed by atoms with E-state index in [1.165, 1.54) is 38.8 Å². The van der Waals surface area contributed by atoms with Crippen molar-refractivity contribution in [1.29, 1.82) is 0 Å². The third-order valence-electron chi connectivity index (χ3n) is 4.27. The van der Waals surface area contributed by atoms with Gasteiger partial charge in [0.05, 0.1) is 0 Å². The average Bonchev–Trinajstić information content (AvgIpc) is 2.88. The maximum atomic E-state index is 11.7. The Hall–Kier alpha value is -0.570. The first-order valence-corrected chi connectivity index (χ1v) is 6.38. The van der Waals surface area contributed by atoms with E-state index in [9.17, 15) is 4.79 Å². The first kappa shape index (κ1) is 9.64. The van der Waals surface area contributed by atoms with E-state index in [1.54, 1.807) is 0 Å². The number of hydrogen-bond acceptors (Lipinski definition) is 2. The summed E-state index contributed by atoms with van der Waals surface area (Å²) in [5.41, 5.74) is 0. The minimum absolute atomic E-state index is 0.418. The van der Waals surface area contributed by atoms with Crippen LogP contribution in [0.15, 0.2) is 0 Å². The van der Waals surface area contributed by atoms with Crippen LogP contribution in [0.4, 0.5) is 0 Å². The van der Waals surface area contributed by atoms with Gasteiger partial charge in [-0.2, -0.15) is 0 Å². The number of hydrogen-bond donors (Lipinski definition) is 0. The van der Waals surface area contributed by atoms with Crippen LogP contribution in [0.25, 0.3) is 0 Å². The lowest BCUT2D eigenvalue weighted by molar-refractivity contribution is -0.130. The van der Waals surface area contributed by atoms with E-state index < -0.39 is 0 Å².